The third-order valence-corrected chi connectivity index (χ3v) is 11.6. The molecular weight excluding hydrogens is 677 g/mol. The molecule has 3 aliphatic rings. The first-order valence-corrected chi connectivity index (χ1v) is 18.8. The lowest BCUT2D eigenvalue weighted by Gasteiger charge is -2.44. The molecule has 1 aliphatic carbocycles. The van der Waals surface area contributed by atoms with E-state index in [0.29, 0.717) is 5.69 Å². The van der Waals surface area contributed by atoms with Gasteiger partial charge in [0.05, 0.1) is 13.7 Å². The van der Waals surface area contributed by atoms with Gasteiger partial charge in [-0.3, -0.25) is 0 Å². The molecule has 2 heterocycles. The van der Waals surface area contributed by atoms with Crippen LogP contribution in [0.3, 0.4) is 0 Å². The summed E-state index contributed by atoms with van der Waals surface area (Å²) in [6, 6.07) is 37.6. The Labute approximate surface area is 343 Å². The molecule has 0 unspecified atom stereocenters. The molecule has 0 fully saturated rings. The Balaban J connectivity index is 1.24. The van der Waals surface area contributed by atoms with Gasteiger partial charge in [0.25, 0.3) is 6.71 Å². The minimum Gasteiger partial charge on any atom is -0.311 e. The molecule has 0 radical (unpaired) electrons. The summed E-state index contributed by atoms with van der Waals surface area (Å²) in [5.41, 5.74) is 13.5. The van der Waals surface area contributed by atoms with Crippen molar-refractivity contribution in [3.63, 3.8) is 0 Å². The van der Waals surface area contributed by atoms with Crippen molar-refractivity contribution in [2.24, 2.45) is 0 Å². The van der Waals surface area contributed by atoms with Crippen LogP contribution in [-0.2, 0) is 5.41 Å². The molecule has 0 spiro atoms. The number of hydrogen-bond donors (Lipinski definition) is 0. The highest BCUT2D eigenvalue weighted by Crippen LogP contribution is 2.52. The van der Waals surface area contributed by atoms with Gasteiger partial charge >= 0.3 is 0 Å². The average Bonchev–Trinajstić information content (AvgIpc) is 3.55. The largest absolute Gasteiger partial charge is 0.311 e. The second-order valence-electron chi connectivity index (χ2n) is 15.1. The van der Waals surface area contributed by atoms with E-state index in [9.17, 15) is 5.48 Å². The fourth-order valence-electron chi connectivity index (χ4n) is 9.25. The number of fused-ring (bicyclic) bond motifs is 7. The summed E-state index contributed by atoms with van der Waals surface area (Å²) < 4.78 is 88.4. The maximum absolute atomic E-state index is 9.18. The Hall–Kier alpha value is -6.78. The minimum absolute atomic E-state index is 0.232. The number of para-hydroxylation sites is 4. The highest BCUT2D eigenvalue weighted by molar-refractivity contribution is 7.00. The molecule has 4 heteroatoms. The molecule has 0 aromatic heterocycles. The molecule has 0 bridgehead atoms. The van der Waals surface area contributed by atoms with Crippen LogP contribution in [-0.4, -0.2) is 6.71 Å². The van der Waals surface area contributed by atoms with Crippen molar-refractivity contribution in [2.75, 3.05) is 14.7 Å². The smallest absolute Gasteiger partial charge is 0.252 e. The van der Waals surface area contributed by atoms with E-state index in [1.54, 1.807) is 6.07 Å². The van der Waals surface area contributed by atoms with Crippen LogP contribution in [0.2, 0.25) is 0 Å². The van der Waals surface area contributed by atoms with Crippen molar-refractivity contribution >= 4 is 74.3 Å². The van der Waals surface area contributed by atoms with Crippen molar-refractivity contribution in [2.45, 2.75) is 26.2 Å². The molecule has 0 amide bonds. The first kappa shape index (κ1) is 23.9. The lowest BCUT2D eigenvalue weighted by molar-refractivity contribution is 0.660. The molecule has 11 rings (SSSR count). The third-order valence-electron chi connectivity index (χ3n) is 11.6. The quantitative estimate of drug-likeness (QED) is 0.163. The Bertz CT molecular complexity index is 3290. The number of benzene rings is 8. The molecule has 266 valence electrons. The van der Waals surface area contributed by atoms with Crippen LogP contribution < -0.4 is 31.1 Å². The van der Waals surface area contributed by atoms with E-state index in [4.69, 9.17) is 8.22 Å². The van der Waals surface area contributed by atoms with Crippen molar-refractivity contribution in [1.82, 2.24) is 0 Å². The lowest BCUT2D eigenvalue weighted by Crippen LogP contribution is -2.61. The van der Waals surface area contributed by atoms with E-state index in [-0.39, 0.29) is 29.2 Å². The van der Waals surface area contributed by atoms with Gasteiger partial charge in [0.15, 0.2) is 0 Å². The standard InChI is InChI=1S/C52H40BN3/c1-35-31-49-51-50(32-35)56(39-27-29-42-41-23-13-14-24-43(41)52(2,3)44(42)33-39)48-34-40(54(36-17-7-4-8-18-36)37-19-9-5-10-20-37)28-30-46(48)53(51)45-25-15-16-26-47(45)55(49)38-21-11-6-12-22-38/h4-34H,1-3H3/i4D,5D,7D,8D,9D,10D,17D,18D,19D,20D. The molecular formula is C52H40BN3. The van der Waals surface area contributed by atoms with Crippen molar-refractivity contribution in [3.05, 3.63) is 205 Å². The highest BCUT2D eigenvalue weighted by atomic mass is 15.2. The van der Waals surface area contributed by atoms with Gasteiger partial charge in [-0.25, -0.2) is 0 Å². The van der Waals surface area contributed by atoms with Crippen molar-refractivity contribution in [3.8, 4) is 11.1 Å². The highest BCUT2D eigenvalue weighted by Gasteiger charge is 2.44. The van der Waals surface area contributed by atoms with Gasteiger partial charge < -0.3 is 14.7 Å². The average molecular weight is 728 g/mol. The SMILES string of the molecule is [2H]c1c([2H])c([2H])c(N(c2ccc3c(c2)N(c2ccc4c(c2)C(C)(C)c2ccccc2-4)c2cc(C)cc4c2B3c2ccccc2N4c2ccccc2)c2c([2H])c([2H])c([2H])c([2H])c2[2H])c([2H])c1[2H]. The fraction of sp³-hybridized carbons (Fsp3) is 0.0769. The number of rotatable bonds is 5. The molecule has 0 saturated carbocycles. The van der Waals surface area contributed by atoms with Crippen LogP contribution in [0.1, 0.15) is 44.2 Å². The zero-order valence-electron chi connectivity index (χ0n) is 41.0. The second-order valence-corrected chi connectivity index (χ2v) is 15.1. The van der Waals surface area contributed by atoms with E-state index >= 15 is 0 Å². The summed E-state index contributed by atoms with van der Waals surface area (Å²) in [6.45, 7) is 6.26. The molecule has 8 aromatic carbocycles. The van der Waals surface area contributed by atoms with Gasteiger partial charge in [-0.05, 0) is 130 Å². The first-order chi connectivity index (χ1) is 31.6. The predicted octanol–water partition coefficient (Wildman–Crippen LogP) is 11.9. The molecule has 0 atom stereocenters. The number of hydrogen-bond acceptors (Lipinski definition) is 3. The fourth-order valence-corrected chi connectivity index (χ4v) is 9.25. The van der Waals surface area contributed by atoms with Gasteiger partial charge in [-0.15, -0.1) is 0 Å². The van der Waals surface area contributed by atoms with Crippen LogP contribution in [0, 0.1) is 6.92 Å². The monoisotopic (exact) mass is 727 g/mol. The number of aryl methyl sites for hydroxylation is 1. The lowest BCUT2D eigenvalue weighted by atomic mass is 9.33. The summed E-state index contributed by atoms with van der Waals surface area (Å²) in [7, 11) is 0. The van der Waals surface area contributed by atoms with Crippen molar-refractivity contribution in [1.29, 1.82) is 0 Å². The van der Waals surface area contributed by atoms with Gasteiger partial charge in [-0.1, -0.05) is 123 Å². The maximum atomic E-state index is 9.18. The predicted molar refractivity (Wildman–Crippen MR) is 237 cm³/mol. The molecule has 3 nitrogen and oxygen atoms in total. The molecule has 56 heavy (non-hydrogen) atoms. The van der Waals surface area contributed by atoms with E-state index in [1.165, 1.54) is 16.0 Å². The van der Waals surface area contributed by atoms with Crippen LogP contribution >= 0.6 is 0 Å². The molecule has 2 aliphatic heterocycles. The van der Waals surface area contributed by atoms with Gasteiger partial charge in [-0.2, -0.15) is 0 Å². The maximum Gasteiger partial charge on any atom is 0.252 e. The zero-order chi connectivity index (χ0) is 46.2. The topological polar surface area (TPSA) is 9.72 Å². The van der Waals surface area contributed by atoms with E-state index in [0.717, 1.165) is 61.5 Å². The van der Waals surface area contributed by atoms with Crippen LogP contribution in [0.25, 0.3) is 11.1 Å². The summed E-state index contributed by atoms with van der Waals surface area (Å²) >= 11 is 0. The number of anilines is 9. The molecule has 8 aromatic rings. The van der Waals surface area contributed by atoms with E-state index in [2.05, 4.69) is 109 Å². The number of nitrogens with zero attached hydrogens (tertiary/aromatic N) is 3. The van der Waals surface area contributed by atoms with Crippen molar-refractivity contribution < 1.29 is 13.7 Å². The normalized spacial score (nSPS) is 16.5. The Morgan fingerprint density at radius 3 is 1.84 bits per heavy atom. The van der Waals surface area contributed by atoms with Gasteiger partial charge in [0.2, 0.25) is 0 Å². The van der Waals surface area contributed by atoms with Crippen LogP contribution in [0.4, 0.5) is 51.2 Å². The summed E-state index contributed by atoms with van der Waals surface area (Å²) in [5, 5.41) is 0. The molecule has 0 saturated heterocycles. The Morgan fingerprint density at radius 1 is 0.500 bits per heavy atom. The Morgan fingerprint density at radius 2 is 1.11 bits per heavy atom. The third kappa shape index (κ3) is 4.78. The second kappa shape index (κ2) is 12.4. The zero-order valence-corrected chi connectivity index (χ0v) is 31.0. The van der Waals surface area contributed by atoms with Gasteiger partial charge in [0.1, 0.15) is 0 Å². The minimum atomic E-state index is -0.622. The van der Waals surface area contributed by atoms with Crippen LogP contribution in [0.15, 0.2) is 188 Å². The summed E-state index contributed by atoms with van der Waals surface area (Å²) in [4.78, 5) is 5.78. The summed E-state index contributed by atoms with van der Waals surface area (Å²) in [5.74, 6) is 0. The van der Waals surface area contributed by atoms with E-state index < -0.39 is 60.4 Å². The van der Waals surface area contributed by atoms with Crippen LogP contribution in [0.5, 0.6) is 0 Å². The Kier molecular flexibility index (Phi) is 5.28. The summed E-state index contributed by atoms with van der Waals surface area (Å²) in [6.07, 6.45) is 0. The van der Waals surface area contributed by atoms with Gasteiger partial charge in [0, 0.05) is 56.6 Å². The molecule has 0 N–H and O–H groups in total. The van der Waals surface area contributed by atoms with E-state index in [1.807, 2.05) is 42.5 Å². The first-order valence-electron chi connectivity index (χ1n) is 23.8.